The third-order valence-electron chi connectivity index (χ3n) is 3.60. The molecule has 4 heteroatoms. The summed E-state index contributed by atoms with van der Waals surface area (Å²) in [6.07, 6.45) is 1.53. The normalized spacial score (nSPS) is 24.4. The summed E-state index contributed by atoms with van der Waals surface area (Å²) < 4.78 is 12.0. The first-order valence-corrected chi connectivity index (χ1v) is 7.64. The van der Waals surface area contributed by atoms with Crippen LogP contribution in [0.2, 0.25) is 0 Å². The Morgan fingerprint density at radius 3 is 2.89 bits per heavy atom. The third-order valence-corrected chi connectivity index (χ3v) is 4.22. The molecule has 106 valence electrons. The molecule has 1 aliphatic rings. The molecule has 19 heavy (non-hydrogen) atoms. The van der Waals surface area contributed by atoms with Crippen molar-refractivity contribution in [2.45, 2.75) is 38.9 Å². The van der Waals surface area contributed by atoms with Crippen LogP contribution in [0.4, 0.5) is 0 Å². The zero-order valence-corrected chi connectivity index (χ0v) is 13.0. The lowest BCUT2D eigenvalue weighted by molar-refractivity contribution is 0.0431. The summed E-state index contributed by atoms with van der Waals surface area (Å²) in [7, 11) is 0. The summed E-state index contributed by atoms with van der Waals surface area (Å²) in [5.41, 5.74) is 0.915. The second kappa shape index (κ2) is 6.73. The molecule has 0 spiro atoms. The van der Waals surface area contributed by atoms with E-state index in [1.54, 1.807) is 0 Å². The Hall–Kier alpha value is -0.580. The van der Waals surface area contributed by atoms with Crippen molar-refractivity contribution in [1.82, 2.24) is 0 Å². The molecule has 1 N–H and O–H groups in total. The second-order valence-electron chi connectivity index (χ2n) is 5.01. The van der Waals surface area contributed by atoms with Crippen LogP contribution in [0.25, 0.3) is 0 Å². The van der Waals surface area contributed by atoms with Crippen LogP contribution < -0.4 is 4.74 Å². The van der Waals surface area contributed by atoms with Gasteiger partial charge >= 0.3 is 0 Å². The van der Waals surface area contributed by atoms with E-state index in [4.69, 9.17) is 9.47 Å². The van der Waals surface area contributed by atoms with Crippen molar-refractivity contribution in [3.63, 3.8) is 0 Å². The van der Waals surface area contributed by atoms with E-state index < -0.39 is 6.10 Å². The van der Waals surface area contributed by atoms with Gasteiger partial charge in [-0.2, -0.15) is 0 Å². The van der Waals surface area contributed by atoms with Crippen molar-refractivity contribution >= 4 is 15.9 Å². The average Bonchev–Trinajstić information content (AvgIpc) is 2.82. The fraction of sp³-hybridized carbons (Fsp3) is 0.600. The van der Waals surface area contributed by atoms with Gasteiger partial charge in [0, 0.05) is 12.5 Å². The predicted molar refractivity (Wildman–Crippen MR) is 78.4 cm³/mol. The van der Waals surface area contributed by atoms with Crippen LogP contribution in [-0.2, 0) is 4.74 Å². The van der Waals surface area contributed by atoms with Gasteiger partial charge in [0.1, 0.15) is 5.75 Å². The number of aliphatic hydroxyl groups is 1. The average molecular weight is 329 g/mol. The minimum Gasteiger partial charge on any atom is -0.492 e. The summed E-state index contributed by atoms with van der Waals surface area (Å²) in [6, 6.07) is 5.80. The Labute approximate surface area is 123 Å². The van der Waals surface area contributed by atoms with Crippen molar-refractivity contribution in [2.75, 3.05) is 13.2 Å². The van der Waals surface area contributed by atoms with Crippen molar-refractivity contribution in [2.24, 2.45) is 5.92 Å². The summed E-state index contributed by atoms with van der Waals surface area (Å²) in [6.45, 7) is 5.54. The molecule has 1 aromatic carbocycles. The Balaban J connectivity index is 2.10. The molecule has 1 aliphatic heterocycles. The van der Waals surface area contributed by atoms with Gasteiger partial charge in [-0.25, -0.2) is 0 Å². The first kappa shape index (κ1) is 14.8. The number of benzene rings is 1. The molecule has 1 saturated heterocycles. The molecule has 1 fully saturated rings. The molecule has 0 radical (unpaired) electrons. The monoisotopic (exact) mass is 328 g/mol. The highest BCUT2D eigenvalue weighted by molar-refractivity contribution is 9.10. The lowest BCUT2D eigenvalue weighted by atomic mass is 9.91. The van der Waals surface area contributed by atoms with Gasteiger partial charge in [-0.15, -0.1) is 0 Å². The molecule has 3 nitrogen and oxygen atoms in total. The highest BCUT2D eigenvalue weighted by Crippen LogP contribution is 2.36. The van der Waals surface area contributed by atoms with Gasteiger partial charge < -0.3 is 14.6 Å². The highest BCUT2D eigenvalue weighted by atomic mass is 79.9. The van der Waals surface area contributed by atoms with E-state index in [1.807, 2.05) is 25.1 Å². The fourth-order valence-electron chi connectivity index (χ4n) is 2.44. The van der Waals surface area contributed by atoms with E-state index in [-0.39, 0.29) is 12.0 Å². The molecule has 0 aromatic heterocycles. The number of rotatable bonds is 5. The molecular weight excluding hydrogens is 308 g/mol. The van der Waals surface area contributed by atoms with E-state index in [0.29, 0.717) is 6.61 Å². The molecule has 2 rings (SSSR count). The molecular formula is C15H21BrO3. The maximum Gasteiger partial charge on any atom is 0.133 e. The van der Waals surface area contributed by atoms with Crippen LogP contribution >= 0.6 is 15.9 Å². The Bertz CT molecular complexity index is 422. The number of aliphatic hydroxyl groups excluding tert-OH is 1. The zero-order chi connectivity index (χ0) is 13.8. The van der Waals surface area contributed by atoms with Crippen molar-refractivity contribution < 1.29 is 14.6 Å². The minimum absolute atomic E-state index is 0.116. The maximum absolute atomic E-state index is 10.4. The van der Waals surface area contributed by atoms with Crippen LogP contribution in [0.5, 0.6) is 5.75 Å². The molecule has 0 saturated carbocycles. The third kappa shape index (κ3) is 3.50. The molecule has 0 aliphatic carbocycles. The van der Waals surface area contributed by atoms with Crippen molar-refractivity contribution in [3.05, 3.63) is 28.2 Å². The summed E-state index contributed by atoms with van der Waals surface area (Å²) in [5, 5.41) is 10.4. The van der Waals surface area contributed by atoms with Gasteiger partial charge in [-0.05, 0) is 53.4 Å². The topological polar surface area (TPSA) is 38.7 Å². The van der Waals surface area contributed by atoms with E-state index in [0.717, 1.165) is 35.2 Å². The second-order valence-corrected chi connectivity index (χ2v) is 5.87. The van der Waals surface area contributed by atoms with Gasteiger partial charge in [-0.3, -0.25) is 0 Å². The summed E-state index contributed by atoms with van der Waals surface area (Å²) in [4.78, 5) is 0. The smallest absolute Gasteiger partial charge is 0.133 e. The van der Waals surface area contributed by atoms with Crippen LogP contribution in [0.15, 0.2) is 22.7 Å². The lowest BCUT2D eigenvalue weighted by Crippen LogP contribution is -2.19. The largest absolute Gasteiger partial charge is 0.492 e. The van der Waals surface area contributed by atoms with Crippen molar-refractivity contribution in [3.8, 4) is 5.75 Å². The van der Waals surface area contributed by atoms with E-state index in [1.165, 1.54) is 0 Å². The van der Waals surface area contributed by atoms with Gasteiger partial charge in [0.2, 0.25) is 0 Å². The molecule has 1 heterocycles. The van der Waals surface area contributed by atoms with E-state index in [2.05, 4.69) is 22.9 Å². The van der Waals surface area contributed by atoms with E-state index in [9.17, 15) is 5.11 Å². The van der Waals surface area contributed by atoms with Gasteiger partial charge in [0.15, 0.2) is 0 Å². The highest BCUT2D eigenvalue weighted by Gasteiger charge is 2.31. The summed E-state index contributed by atoms with van der Waals surface area (Å²) in [5.74, 6) is 1.00. The van der Waals surface area contributed by atoms with Gasteiger partial charge in [0.25, 0.3) is 0 Å². The molecule has 3 atom stereocenters. The first-order chi connectivity index (χ1) is 9.13. The Kier molecular flexibility index (Phi) is 5.25. The number of ether oxygens (including phenoxy) is 2. The molecule has 0 amide bonds. The van der Waals surface area contributed by atoms with Crippen LogP contribution in [0, 0.1) is 5.92 Å². The number of hydrogen-bond acceptors (Lipinski definition) is 3. The maximum atomic E-state index is 10.4. The fourth-order valence-corrected chi connectivity index (χ4v) is 2.95. The van der Waals surface area contributed by atoms with E-state index >= 15 is 0 Å². The minimum atomic E-state index is -0.478. The molecule has 0 bridgehead atoms. The quantitative estimate of drug-likeness (QED) is 0.895. The van der Waals surface area contributed by atoms with Crippen LogP contribution in [0.3, 0.4) is 0 Å². The lowest BCUT2D eigenvalue weighted by Gasteiger charge is -2.22. The Morgan fingerprint density at radius 1 is 1.53 bits per heavy atom. The van der Waals surface area contributed by atoms with Crippen molar-refractivity contribution in [1.29, 1.82) is 0 Å². The molecule has 3 unspecified atom stereocenters. The number of halogens is 1. The standard InChI is InChI=1S/C15H21BrO3/c1-3-7-19-14-5-4-11(9-13(14)16)15(17)12-6-8-18-10(12)2/h4-5,9-10,12,15,17H,3,6-8H2,1-2H3. The zero-order valence-electron chi connectivity index (χ0n) is 11.4. The van der Waals surface area contributed by atoms with Crippen LogP contribution in [0.1, 0.15) is 38.4 Å². The first-order valence-electron chi connectivity index (χ1n) is 6.85. The number of hydrogen-bond donors (Lipinski definition) is 1. The molecule has 1 aromatic rings. The SMILES string of the molecule is CCCOc1ccc(C(O)C2CCOC2C)cc1Br. The predicted octanol–water partition coefficient (Wildman–Crippen LogP) is 3.70. The summed E-state index contributed by atoms with van der Waals surface area (Å²) >= 11 is 3.50. The van der Waals surface area contributed by atoms with Crippen LogP contribution in [-0.4, -0.2) is 24.4 Å². The van der Waals surface area contributed by atoms with Gasteiger partial charge in [0.05, 0.1) is 23.3 Å². The van der Waals surface area contributed by atoms with Gasteiger partial charge in [-0.1, -0.05) is 13.0 Å². The Morgan fingerprint density at radius 2 is 2.32 bits per heavy atom.